The lowest BCUT2D eigenvalue weighted by Crippen LogP contribution is -2.39. The first-order valence-corrected chi connectivity index (χ1v) is 11.0. The number of hydrogen-bond acceptors (Lipinski definition) is 7. The second-order valence-electron chi connectivity index (χ2n) is 6.79. The predicted octanol–water partition coefficient (Wildman–Crippen LogP) is 2.77. The van der Waals surface area contributed by atoms with Gasteiger partial charge in [0.1, 0.15) is 5.82 Å². The van der Waals surface area contributed by atoms with Crippen LogP contribution in [-0.4, -0.2) is 63.6 Å². The maximum atomic E-state index is 12.2. The van der Waals surface area contributed by atoms with Gasteiger partial charge >= 0.3 is 0 Å². The zero-order valence-electron chi connectivity index (χ0n) is 16.9. The summed E-state index contributed by atoms with van der Waals surface area (Å²) in [6.07, 6.45) is 1.75. The monoisotopic (exact) mass is 428 g/mol. The van der Waals surface area contributed by atoms with Crippen LogP contribution in [0.2, 0.25) is 0 Å². The predicted molar refractivity (Wildman–Crippen MR) is 114 cm³/mol. The largest absolute Gasteiger partial charge is 0.380 e. The van der Waals surface area contributed by atoms with Crippen molar-refractivity contribution in [1.82, 2.24) is 25.1 Å². The lowest BCUT2D eigenvalue weighted by atomic mass is 9.95. The molecule has 0 aromatic carbocycles. The van der Waals surface area contributed by atoms with Crippen LogP contribution in [0, 0.1) is 5.41 Å². The summed E-state index contributed by atoms with van der Waals surface area (Å²) < 4.78 is 7.17. The molecule has 0 atom stereocenters. The lowest BCUT2D eigenvalue weighted by Gasteiger charge is -2.20. The minimum atomic E-state index is -0.599. The van der Waals surface area contributed by atoms with Crippen molar-refractivity contribution in [2.75, 3.05) is 43.3 Å². The fourth-order valence-electron chi connectivity index (χ4n) is 2.39. The maximum Gasteiger partial charge on any atom is 0.226 e. The molecule has 0 saturated carbocycles. The topological polar surface area (TPSA) is 94.0 Å². The molecule has 0 unspecified atom stereocenters. The normalized spacial score (nSPS) is 11.8. The summed E-state index contributed by atoms with van der Waals surface area (Å²) in [6, 6.07) is 0. The van der Waals surface area contributed by atoms with E-state index in [1.807, 2.05) is 20.8 Å². The number of aromatic nitrogens is 4. The summed E-state index contributed by atoms with van der Waals surface area (Å²) in [5.41, 5.74) is 0.147. The number of rotatable bonds is 12. The zero-order valence-corrected chi connectivity index (χ0v) is 18.5. The van der Waals surface area contributed by atoms with Crippen molar-refractivity contribution in [2.45, 2.75) is 39.4 Å². The first kappa shape index (κ1) is 22.7. The van der Waals surface area contributed by atoms with E-state index in [1.165, 1.54) is 0 Å². The van der Waals surface area contributed by atoms with Crippen LogP contribution in [0.25, 0.3) is 11.0 Å². The third-order valence-electron chi connectivity index (χ3n) is 4.05. The molecule has 156 valence electrons. The number of nitrogens with zero attached hydrogens (tertiary/aromatic N) is 4. The molecule has 0 aliphatic carbocycles. The fraction of sp³-hybridized carbons (Fsp3) is 0.667. The van der Waals surface area contributed by atoms with Gasteiger partial charge in [-0.1, -0.05) is 18.7 Å². The van der Waals surface area contributed by atoms with E-state index < -0.39 is 5.41 Å². The maximum absolute atomic E-state index is 12.2. The van der Waals surface area contributed by atoms with Gasteiger partial charge in [0.15, 0.2) is 10.8 Å². The number of ether oxygens (including phenoxy) is 1. The minimum absolute atomic E-state index is 0.0749. The molecule has 0 saturated heterocycles. The number of hydrogen-bond donors (Lipinski definition) is 2. The minimum Gasteiger partial charge on any atom is -0.380 e. The zero-order chi connectivity index (χ0) is 20.6. The highest BCUT2D eigenvalue weighted by Crippen LogP contribution is 2.24. The van der Waals surface area contributed by atoms with Gasteiger partial charge in [-0.25, -0.2) is 14.6 Å². The van der Waals surface area contributed by atoms with Gasteiger partial charge in [-0.3, -0.25) is 4.79 Å². The molecule has 2 N–H and O–H groups in total. The Morgan fingerprint density at radius 1 is 1.32 bits per heavy atom. The van der Waals surface area contributed by atoms with Crippen molar-refractivity contribution in [3.8, 4) is 0 Å². The highest BCUT2D eigenvalue weighted by molar-refractivity contribution is 7.99. The van der Waals surface area contributed by atoms with Gasteiger partial charge < -0.3 is 15.4 Å². The summed E-state index contributed by atoms with van der Waals surface area (Å²) in [5.74, 6) is 1.82. The second kappa shape index (κ2) is 10.8. The Balaban J connectivity index is 2.13. The van der Waals surface area contributed by atoms with E-state index in [-0.39, 0.29) is 11.8 Å². The van der Waals surface area contributed by atoms with Crippen molar-refractivity contribution in [2.24, 2.45) is 5.41 Å². The van der Waals surface area contributed by atoms with Gasteiger partial charge in [-0.15, -0.1) is 11.6 Å². The third-order valence-corrected chi connectivity index (χ3v) is 5.45. The molecule has 0 bridgehead atoms. The molecule has 0 aliphatic heterocycles. The van der Waals surface area contributed by atoms with E-state index in [2.05, 4.69) is 32.6 Å². The summed E-state index contributed by atoms with van der Waals surface area (Å²) >= 11 is 7.43. The van der Waals surface area contributed by atoms with Crippen LogP contribution in [0.4, 0.5) is 5.82 Å². The molecule has 0 radical (unpaired) electrons. The lowest BCUT2D eigenvalue weighted by molar-refractivity contribution is -0.128. The molecular weight excluding hydrogens is 400 g/mol. The van der Waals surface area contributed by atoms with E-state index in [1.54, 1.807) is 22.6 Å². The van der Waals surface area contributed by atoms with E-state index in [4.69, 9.17) is 16.3 Å². The molecule has 0 aliphatic rings. The molecule has 28 heavy (non-hydrogen) atoms. The number of anilines is 1. The Hall–Kier alpha value is -1.58. The average molecular weight is 429 g/mol. The van der Waals surface area contributed by atoms with E-state index in [9.17, 15) is 4.79 Å². The highest BCUT2D eigenvalue weighted by atomic mass is 35.5. The Morgan fingerprint density at radius 3 is 2.79 bits per heavy atom. The number of fused-ring (bicyclic) bond motifs is 1. The van der Waals surface area contributed by atoms with Crippen LogP contribution in [-0.2, 0) is 16.1 Å². The quantitative estimate of drug-likeness (QED) is 0.232. The number of nitrogens with one attached hydrogen (secondary N) is 2. The summed E-state index contributed by atoms with van der Waals surface area (Å²) in [7, 11) is 0. The number of carbonyl (C=O) groups excluding carboxylic acids is 1. The van der Waals surface area contributed by atoms with Crippen LogP contribution in [0.3, 0.4) is 0 Å². The van der Waals surface area contributed by atoms with Crippen molar-refractivity contribution in [1.29, 1.82) is 0 Å². The van der Waals surface area contributed by atoms with Crippen molar-refractivity contribution < 1.29 is 9.53 Å². The summed E-state index contributed by atoms with van der Waals surface area (Å²) in [5, 5.41) is 12.2. The molecule has 0 fully saturated rings. The molecule has 10 heteroatoms. The molecule has 2 rings (SSSR count). The molecule has 1 amide bonds. The SMILES string of the molecule is CCOCCNc1nc(SCC)nc2c1cnn2CCNC(=O)C(C)(C)CCl. The molecule has 2 heterocycles. The molecule has 0 spiro atoms. The second-order valence-corrected chi connectivity index (χ2v) is 8.29. The van der Waals surface area contributed by atoms with Gasteiger partial charge in [0.05, 0.1) is 30.1 Å². The highest BCUT2D eigenvalue weighted by Gasteiger charge is 2.26. The van der Waals surface area contributed by atoms with Crippen LogP contribution in [0.15, 0.2) is 11.4 Å². The first-order valence-electron chi connectivity index (χ1n) is 9.45. The molecule has 2 aromatic heterocycles. The Morgan fingerprint density at radius 2 is 2.11 bits per heavy atom. The fourth-order valence-corrected chi connectivity index (χ4v) is 3.08. The van der Waals surface area contributed by atoms with E-state index in [0.29, 0.717) is 38.0 Å². The number of halogens is 1. The Bertz CT molecular complexity index is 783. The number of alkyl halides is 1. The standard InChI is InChI=1S/C18H29ClN6O2S/c1-5-27-10-8-20-14-13-11-22-25(15(13)24-17(23-14)28-6-2)9-7-21-16(26)18(3,4)12-19/h11H,5-10,12H2,1-4H3,(H,21,26)(H,20,23,24). The van der Waals surface area contributed by atoms with E-state index in [0.717, 1.165) is 22.6 Å². The average Bonchev–Trinajstić information content (AvgIpc) is 3.08. The van der Waals surface area contributed by atoms with Gasteiger partial charge in [-0.2, -0.15) is 5.10 Å². The number of thioether (sulfide) groups is 1. The van der Waals surface area contributed by atoms with Gasteiger partial charge in [0, 0.05) is 25.6 Å². The molecule has 8 nitrogen and oxygen atoms in total. The van der Waals surface area contributed by atoms with E-state index >= 15 is 0 Å². The summed E-state index contributed by atoms with van der Waals surface area (Å²) in [6.45, 7) is 10.6. The van der Waals surface area contributed by atoms with Crippen LogP contribution in [0.5, 0.6) is 0 Å². The number of carbonyl (C=O) groups is 1. The van der Waals surface area contributed by atoms with Crippen LogP contribution < -0.4 is 10.6 Å². The Labute approximate surface area is 175 Å². The molecule has 2 aromatic rings. The first-order chi connectivity index (χ1) is 13.4. The van der Waals surface area contributed by atoms with Gasteiger partial charge in [0.2, 0.25) is 5.91 Å². The summed E-state index contributed by atoms with van der Waals surface area (Å²) in [4.78, 5) is 21.4. The van der Waals surface area contributed by atoms with Crippen LogP contribution in [0.1, 0.15) is 27.7 Å². The van der Waals surface area contributed by atoms with Crippen LogP contribution >= 0.6 is 23.4 Å². The third kappa shape index (κ3) is 5.96. The Kier molecular flexibility index (Phi) is 8.78. The smallest absolute Gasteiger partial charge is 0.226 e. The number of amides is 1. The van der Waals surface area contributed by atoms with Crippen molar-refractivity contribution in [3.05, 3.63) is 6.20 Å². The van der Waals surface area contributed by atoms with Gasteiger partial charge in [-0.05, 0) is 26.5 Å². The molecular formula is C18H29ClN6O2S. The van der Waals surface area contributed by atoms with Crippen molar-refractivity contribution in [3.63, 3.8) is 0 Å². The van der Waals surface area contributed by atoms with Gasteiger partial charge in [0.25, 0.3) is 0 Å². The van der Waals surface area contributed by atoms with Crippen molar-refractivity contribution >= 4 is 46.1 Å².